The van der Waals surface area contributed by atoms with Gasteiger partial charge in [-0.25, -0.2) is 4.98 Å². The van der Waals surface area contributed by atoms with Crippen molar-refractivity contribution in [3.63, 3.8) is 0 Å². The van der Waals surface area contributed by atoms with E-state index in [0.717, 1.165) is 18.5 Å². The minimum Gasteiger partial charge on any atom is -0.337 e. The molecule has 1 aliphatic heterocycles. The molecule has 1 saturated heterocycles. The lowest BCUT2D eigenvalue weighted by molar-refractivity contribution is 0.193. The molecule has 2 aliphatic rings. The molecule has 1 N–H and O–H groups in total. The predicted octanol–water partition coefficient (Wildman–Crippen LogP) is 1.74. The lowest BCUT2D eigenvalue weighted by atomic mass is 10.0. The summed E-state index contributed by atoms with van der Waals surface area (Å²) in [4.78, 5) is 6.70. The van der Waals surface area contributed by atoms with Crippen molar-refractivity contribution < 1.29 is 0 Å². The van der Waals surface area contributed by atoms with Crippen LogP contribution < -0.4 is 5.32 Å². The van der Waals surface area contributed by atoms with Crippen molar-refractivity contribution in [1.82, 2.24) is 19.8 Å². The Bertz CT molecular complexity index is 350. The highest BCUT2D eigenvalue weighted by Crippen LogP contribution is 2.28. The first kappa shape index (κ1) is 13.1. The fourth-order valence-corrected chi connectivity index (χ4v) is 2.91. The third-order valence-electron chi connectivity index (χ3n) is 4.43. The maximum atomic E-state index is 4.08. The van der Waals surface area contributed by atoms with Gasteiger partial charge >= 0.3 is 0 Å². The number of hydrogen-bond donors (Lipinski definition) is 1. The van der Waals surface area contributed by atoms with Crippen molar-refractivity contribution in [2.45, 2.75) is 44.7 Å². The summed E-state index contributed by atoms with van der Waals surface area (Å²) < 4.78 is 2.17. The summed E-state index contributed by atoms with van der Waals surface area (Å²) in [6.45, 7) is 6.14. The zero-order chi connectivity index (χ0) is 12.9. The van der Waals surface area contributed by atoms with Gasteiger partial charge in [-0.3, -0.25) is 0 Å². The molecule has 1 saturated carbocycles. The number of piperidine rings is 1. The molecule has 2 fully saturated rings. The van der Waals surface area contributed by atoms with Crippen molar-refractivity contribution in [3.8, 4) is 0 Å². The number of rotatable bonds is 7. The molecule has 0 atom stereocenters. The smallest absolute Gasteiger partial charge is 0.0945 e. The van der Waals surface area contributed by atoms with Gasteiger partial charge in [0.25, 0.3) is 0 Å². The molecule has 1 aliphatic carbocycles. The quantitative estimate of drug-likeness (QED) is 0.812. The van der Waals surface area contributed by atoms with Crippen molar-refractivity contribution in [2.24, 2.45) is 5.92 Å². The van der Waals surface area contributed by atoms with Crippen LogP contribution in [0.25, 0.3) is 0 Å². The Labute approximate surface area is 116 Å². The molecule has 4 heteroatoms. The first-order valence-corrected chi connectivity index (χ1v) is 7.81. The minimum atomic E-state index is 0.783. The Morgan fingerprint density at radius 1 is 1.11 bits per heavy atom. The van der Waals surface area contributed by atoms with Gasteiger partial charge in [0.15, 0.2) is 0 Å². The van der Waals surface area contributed by atoms with E-state index in [4.69, 9.17) is 0 Å². The minimum absolute atomic E-state index is 0.783. The maximum absolute atomic E-state index is 4.08. The van der Waals surface area contributed by atoms with E-state index in [1.165, 1.54) is 58.3 Å². The van der Waals surface area contributed by atoms with Crippen molar-refractivity contribution in [2.75, 3.05) is 26.2 Å². The van der Waals surface area contributed by atoms with Crippen LogP contribution in [-0.2, 0) is 6.54 Å². The zero-order valence-corrected chi connectivity index (χ0v) is 11.8. The third-order valence-corrected chi connectivity index (χ3v) is 4.43. The van der Waals surface area contributed by atoms with Crippen LogP contribution in [-0.4, -0.2) is 46.7 Å². The largest absolute Gasteiger partial charge is 0.337 e. The molecule has 0 spiro atoms. The van der Waals surface area contributed by atoms with E-state index in [9.17, 15) is 0 Å². The Kier molecular flexibility index (Phi) is 4.51. The van der Waals surface area contributed by atoms with Gasteiger partial charge in [-0.2, -0.15) is 0 Å². The number of nitrogens with one attached hydrogen (secondary N) is 1. The lowest BCUT2D eigenvalue weighted by Gasteiger charge is -2.32. The van der Waals surface area contributed by atoms with Gasteiger partial charge in [0, 0.05) is 25.0 Å². The highest BCUT2D eigenvalue weighted by molar-refractivity contribution is 4.82. The van der Waals surface area contributed by atoms with Crippen LogP contribution in [0.1, 0.15) is 32.1 Å². The Balaban J connectivity index is 1.27. The summed E-state index contributed by atoms with van der Waals surface area (Å²) in [5.41, 5.74) is 0. The van der Waals surface area contributed by atoms with E-state index < -0.39 is 0 Å². The van der Waals surface area contributed by atoms with Crippen LogP contribution in [0.2, 0.25) is 0 Å². The molecule has 3 rings (SSSR count). The SMILES string of the molecule is c1cn(CCCN2CCC(NCC3CC3)CC2)cn1. The Hall–Kier alpha value is -0.870. The fraction of sp³-hybridized carbons (Fsp3) is 0.800. The normalized spacial score (nSPS) is 21.9. The molecule has 4 nitrogen and oxygen atoms in total. The van der Waals surface area contributed by atoms with Crippen LogP contribution in [0.5, 0.6) is 0 Å². The number of hydrogen-bond acceptors (Lipinski definition) is 3. The molecule has 0 radical (unpaired) electrons. The predicted molar refractivity (Wildman–Crippen MR) is 77.0 cm³/mol. The monoisotopic (exact) mass is 262 g/mol. The van der Waals surface area contributed by atoms with Gasteiger partial charge in [-0.15, -0.1) is 0 Å². The first-order chi connectivity index (χ1) is 9.40. The Morgan fingerprint density at radius 3 is 2.63 bits per heavy atom. The molecule has 0 bridgehead atoms. The number of likely N-dealkylation sites (tertiary alicyclic amines) is 1. The first-order valence-electron chi connectivity index (χ1n) is 7.81. The average molecular weight is 262 g/mol. The summed E-state index contributed by atoms with van der Waals surface area (Å²) in [7, 11) is 0. The molecule has 0 aromatic carbocycles. The molecule has 0 unspecified atom stereocenters. The van der Waals surface area contributed by atoms with Gasteiger partial charge in [0.2, 0.25) is 0 Å². The summed E-state index contributed by atoms with van der Waals surface area (Å²) in [5.74, 6) is 1.01. The molecular weight excluding hydrogens is 236 g/mol. The van der Waals surface area contributed by atoms with Gasteiger partial charge in [-0.1, -0.05) is 0 Å². The van der Waals surface area contributed by atoms with Crippen LogP contribution in [0.15, 0.2) is 18.7 Å². The topological polar surface area (TPSA) is 33.1 Å². The molecule has 2 heterocycles. The number of imidazole rings is 1. The van der Waals surface area contributed by atoms with Crippen LogP contribution in [0.4, 0.5) is 0 Å². The Morgan fingerprint density at radius 2 is 1.95 bits per heavy atom. The van der Waals surface area contributed by atoms with Gasteiger partial charge < -0.3 is 14.8 Å². The second-order valence-electron chi connectivity index (χ2n) is 6.12. The second kappa shape index (κ2) is 6.53. The maximum Gasteiger partial charge on any atom is 0.0945 e. The fourth-order valence-electron chi connectivity index (χ4n) is 2.91. The van der Waals surface area contributed by atoms with E-state index in [1.54, 1.807) is 0 Å². The number of nitrogens with zero attached hydrogens (tertiary/aromatic N) is 3. The van der Waals surface area contributed by atoms with E-state index in [2.05, 4.69) is 19.8 Å². The van der Waals surface area contributed by atoms with Crippen LogP contribution in [0.3, 0.4) is 0 Å². The molecule has 106 valence electrons. The van der Waals surface area contributed by atoms with Crippen molar-refractivity contribution in [3.05, 3.63) is 18.7 Å². The third kappa shape index (κ3) is 4.32. The highest BCUT2D eigenvalue weighted by atomic mass is 15.1. The lowest BCUT2D eigenvalue weighted by Crippen LogP contribution is -2.43. The van der Waals surface area contributed by atoms with Crippen molar-refractivity contribution >= 4 is 0 Å². The molecular formula is C15H26N4. The molecule has 0 amide bonds. The standard InChI is InChI=1S/C15H26N4/c1(8-19-11-6-16-13-19)7-18-9-4-15(5-10-18)17-12-14-2-3-14/h6,11,13-15,17H,1-5,7-10,12H2. The summed E-state index contributed by atoms with van der Waals surface area (Å²) in [6, 6.07) is 0.783. The van der Waals surface area contributed by atoms with Gasteiger partial charge in [0.05, 0.1) is 6.33 Å². The number of aryl methyl sites for hydroxylation is 1. The van der Waals surface area contributed by atoms with E-state index in [-0.39, 0.29) is 0 Å². The molecule has 19 heavy (non-hydrogen) atoms. The van der Waals surface area contributed by atoms with Crippen LogP contribution in [0, 0.1) is 5.92 Å². The highest BCUT2D eigenvalue weighted by Gasteiger charge is 2.24. The van der Waals surface area contributed by atoms with Crippen LogP contribution >= 0.6 is 0 Å². The molecule has 1 aromatic heterocycles. The number of aromatic nitrogens is 2. The van der Waals surface area contributed by atoms with E-state index in [1.807, 2.05) is 18.7 Å². The molecule has 1 aromatic rings. The van der Waals surface area contributed by atoms with E-state index >= 15 is 0 Å². The van der Waals surface area contributed by atoms with E-state index in [0.29, 0.717) is 0 Å². The zero-order valence-electron chi connectivity index (χ0n) is 11.8. The average Bonchev–Trinajstić information content (AvgIpc) is 3.13. The van der Waals surface area contributed by atoms with Crippen molar-refractivity contribution in [1.29, 1.82) is 0 Å². The second-order valence-corrected chi connectivity index (χ2v) is 6.12. The van der Waals surface area contributed by atoms with Gasteiger partial charge in [-0.05, 0) is 64.2 Å². The summed E-state index contributed by atoms with van der Waals surface area (Å²) in [5, 5.41) is 3.74. The van der Waals surface area contributed by atoms with Gasteiger partial charge in [0.1, 0.15) is 0 Å². The summed E-state index contributed by atoms with van der Waals surface area (Å²) >= 11 is 0. The summed E-state index contributed by atoms with van der Waals surface area (Å²) in [6.07, 6.45) is 12.6.